The van der Waals surface area contributed by atoms with Gasteiger partial charge in [0.15, 0.2) is 0 Å². The van der Waals surface area contributed by atoms with Gasteiger partial charge < -0.3 is 5.11 Å². The molecule has 1 radical (unpaired) electrons. The maximum Gasteiger partial charge on any atom is 0.0549 e. The minimum absolute atomic E-state index is 0.245. The highest BCUT2D eigenvalue weighted by molar-refractivity contribution is 5.02. The van der Waals surface area contributed by atoms with E-state index in [2.05, 4.69) is 25.7 Å². The van der Waals surface area contributed by atoms with Crippen molar-refractivity contribution >= 4 is 0 Å². The molecule has 0 aliphatic rings. The Hall–Kier alpha value is -0.480. The highest BCUT2D eigenvalue weighted by Gasteiger charge is 2.09. The Bertz CT molecular complexity index is 127. The fourth-order valence-electron chi connectivity index (χ4n) is 0.859. The summed E-state index contributed by atoms with van der Waals surface area (Å²) in [5, 5.41) is 9.15. The van der Waals surface area contributed by atoms with Gasteiger partial charge in [-0.15, -0.1) is 11.8 Å². The maximum absolute atomic E-state index is 9.15. The molecule has 0 saturated carbocycles. The van der Waals surface area contributed by atoms with Crippen molar-refractivity contribution in [3.8, 4) is 11.8 Å². The molecular formula is C9H15O. The topological polar surface area (TPSA) is 20.2 Å². The van der Waals surface area contributed by atoms with Crippen molar-refractivity contribution in [1.29, 1.82) is 0 Å². The molecule has 0 aromatic heterocycles. The van der Waals surface area contributed by atoms with Gasteiger partial charge in [0, 0.05) is 13.3 Å². The van der Waals surface area contributed by atoms with E-state index in [0.717, 1.165) is 12.8 Å². The first kappa shape index (κ1) is 9.52. The van der Waals surface area contributed by atoms with Crippen LogP contribution in [0.1, 0.15) is 26.7 Å². The van der Waals surface area contributed by atoms with Crippen LogP contribution in [0.4, 0.5) is 0 Å². The molecule has 57 valence electrons. The van der Waals surface area contributed by atoms with E-state index in [1.807, 2.05) is 0 Å². The molecule has 0 aliphatic heterocycles. The summed E-state index contributed by atoms with van der Waals surface area (Å²) in [5.74, 6) is 5.75. The van der Waals surface area contributed by atoms with Gasteiger partial charge in [-0.05, 0) is 19.3 Å². The van der Waals surface area contributed by atoms with Crippen LogP contribution < -0.4 is 0 Å². The predicted octanol–water partition coefficient (Wildman–Crippen LogP) is 1.62. The summed E-state index contributed by atoms with van der Waals surface area (Å²) >= 11 is 0. The van der Waals surface area contributed by atoms with E-state index in [0.29, 0.717) is 5.92 Å². The molecule has 1 heteroatoms. The fourth-order valence-corrected chi connectivity index (χ4v) is 0.859. The van der Waals surface area contributed by atoms with Crippen molar-refractivity contribution in [2.75, 3.05) is 0 Å². The Kier molecular flexibility index (Phi) is 5.06. The van der Waals surface area contributed by atoms with E-state index in [-0.39, 0.29) is 6.10 Å². The molecule has 0 aromatic carbocycles. The molecule has 0 aliphatic carbocycles. The van der Waals surface area contributed by atoms with Crippen LogP contribution in [0.3, 0.4) is 0 Å². The van der Waals surface area contributed by atoms with Crippen LogP contribution in [0.15, 0.2) is 0 Å². The maximum atomic E-state index is 9.15. The van der Waals surface area contributed by atoms with E-state index < -0.39 is 0 Å². The first-order valence-corrected chi connectivity index (χ1v) is 3.65. The summed E-state index contributed by atoms with van der Waals surface area (Å²) in [4.78, 5) is 0. The smallest absolute Gasteiger partial charge is 0.0549 e. The molecule has 2 atom stereocenters. The van der Waals surface area contributed by atoms with E-state index >= 15 is 0 Å². The van der Waals surface area contributed by atoms with Crippen LogP contribution in [-0.2, 0) is 0 Å². The monoisotopic (exact) mass is 139 g/mol. The van der Waals surface area contributed by atoms with E-state index in [1.165, 1.54) is 0 Å². The first-order valence-electron chi connectivity index (χ1n) is 3.65. The van der Waals surface area contributed by atoms with Crippen LogP contribution in [0.2, 0.25) is 0 Å². The van der Waals surface area contributed by atoms with Gasteiger partial charge in [-0.1, -0.05) is 6.92 Å². The summed E-state index contributed by atoms with van der Waals surface area (Å²) in [7, 11) is 0. The lowest BCUT2D eigenvalue weighted by Gasteiger charge is -2.13. The number of aliphatic hydroxyl groups excluding tert-OH is 1. The van der Waals surface area contributed by atoms with Crippen LogP contribution in [-0.4, -0.2) is 11.2 Å². The first-order chi connectivity index (χ1) is 4.72. The Morgan fingerprint density at radius 2 is 2.20 bits per heavy atom. The lowest BCUT2D eigenvalue weighted by Crippen LogP contribution is -2.14. The van der Waals surface area contributed by atoms with Crippen molar-refractivity contribution in [3.63, 3.8) is 0 Å². The van der Waals surface area contributed by atoms with Crippen molar-refractivity contribution in [2.24, 2.45) is 5.92 Å². The minimum atomic E-state index is -0.245. The van der Waals surface area contributed by atoms with Gasteiger partial charge in [0.2, 0.25) is 0 Å². The Morgan fingerprint density at radius 1 is 1.60 bits per heavy atom. The molecule has 0 heterocycles. The average Bonchev–Trinajstić information content (AvgIpc) is 1.89. The van der Waals surface area contributed by atoms with Gasteiger partial charge in [-0.25, -0.2) is 0 Å². The third-order valence-corrected chi connectivity index (χ3v) is 1.70. The number of hydrogen-bond donors (Lipinski definition) is 1. The van der Waals surface area contributed by atoms with Crippen molar-refractivity contribution in [2.45, 2.75) is 32.8 Å². The van der Waals surface area contributed by atoms with Crippen molar-refractivity contribution in [1.82, 2.24) is 0 Å². The summed E-state index contributed by atoms with van der Waals surface area (Å²) in [6.45, 7) is 7.27. The lowest BCUT2D eigenvalue weighted by molar-refractivity contribution is 0.125. The van der Waals surface area contributed by atoms with Gasteiger partial charge in [0.1, 0.15) is 0 Å². The minimum Gasteiger partial charge on any atom is -0.393 e. The summed E-state index contributed by atoms with van der Waals surface area (Å²) < 4.78 is 0. The highest BCUT2D eigenvalue weighted by Crippen LogP contribution is 2.11. The Balaban J connectivity index is 3.67. The molecule has 0 spiro atoms. The lowest BCUT2D eigenvalue weighted by atomic mass is 9.97. The molecular weight excluding hydrogens is 124 g/mol. The standard InChI is InChI=1S/C9H15O/c1-4-6-7-9(5-2)8(3)10/h8-10H,1,5,7H2,2-3H3. The fraction of sp³-hybridized carbons (Fsp3) is 0.667. The molecule has 10 heavy (non-hydrogen) atoms. The zero-order valence-electron chi connectivity index (χ0n) is 6.72. The van der Waals surface area contributed by atoms with Crippen LogP contribution in [0.25, 0.3) is 0 Å². The van der Waals surface area contributed by atoms with E-state index in [1.54, 1.807) is 6.92 Å². The molecule has 0 rings (SSSR count). The molecule has 2 unspecified atom stereocenters. The Labute approximate surface area is 63.5 Å². The highest BCUT2D eigenvalue weighted by atomic mass is 16.3. The third-order valence-electron chi connectivity index (χ3n) is 1.70. The van der Waals surface area contributed by atoms with Gasteiger partial charge in [-0.2, -0.15) is 0 Å². The molecule has 0 bridgehead atoms. The van der Waals surface area contributed by atoms with Crippen LogP contribution in [0, 0.1) is 24.7 Å². The molecule has 0 aromatic rings. The molecule has 0 fully saturated rings. The van der Waals surface area contributed by atoms with Crippen molar-refractivity contribution < 1.29 is 5.11 Å². The molecule has 0 amide bonds. The summed E-state index contributed by atoms with van der Waals surface area (Å²) in [5.41, 5.74) is 0. The van der Waals surface area contributed by atoms with Crippen LogP contribution >= 0.6 is 0 Å². The van der Waals surface area contributed by atoms with Gasteiger partial charge >= 0.3 is 0 Å². The van der Waals surface area contributed by atoms with Crippen LogP contribution in [0.5, 0.6) is 0 Å². The van der Waals surface area contributed by atoms with Gasteiger partial charge in [0.25, 0.3) is 0 Å². The number of hydrogen-bond acceptors (Lipinski definition) is 1. The number of rotatable bonds is 3. The molecule has 0 saturated heterocycles. The van der Waals surface area contributed by atoms with Gasteiger partial charge in [-0.3, -0.25) is 0 Å². The summed E-state index contributed by atoms with van der Waals surface area (Å²) in [6.07, 6.45) is 1.50. The zero-order chi connectivity index (χ0) is 7.98. The van der Waals surface area contributed by atoms with E-state index in [4.69, 9.17) is 5.11 Å². The largest absolute Gasteiger partial charge is 0.393 e. The van der Waals surface area contributed by atoms with Gasteiger partial charge in [0.05, 0.1) is 6.10 Å². The second-order valence-corrected chi connectivity index (χ2v) is 2.47. The quantitative estimate of drug-likeness (QED) is 0.589. The molecule has 1 nitrogen and oxygen atoms in total. The Morgan fingerprint density at radius 3 is 2.50 bits per heavy atom. The third kappa shape index (κ3) is 3.53. The van der Waals surface area contributed by atoms with Crippen molar-refractivity contribution in [3.05, 3.63) is 6.92 Å². The predicted molar refractivity (Wildman–Crippen MR) is 43.2 cm³/mol. The second kappa shape index (κ2) is 5.32. The zero-order valence-corrected chi connectivity index (χ0v) is 6.72. The normalized spacial score (nSPS) is 15.2. The SMILES string of the molecule is [CH2]C#CCC(CC)C(C)O. The summed E-state index contributed by atoms with van der Waals surface area (Å²) in [6, 6.07) is 0. The number of aliphatic hydroxyl groups is 1. The molecule has 1 N–H and O–H groups in total. The van der Waals surface area contributed by atoms with E-state index in [9.17, 15) is 0 Å². The second-order valence-electron chi connectivity index (χ2n) is 2.47. The average molecular weight is 139 g/mol.